The van der Waals surface area contributed by atoms with E-state index >= 15 is 0 Å². The average Bonchev–Trinajstić information content (AvgIpc) is 2.41. The number of hydrogen-bond donors (Lipinski definition) is 1. The van der Waals surface area contributed by atoms with Crippen LogP contribution < -0.4 is 5.32 Å². The van der Waals surface area contributed by atoms with Crippen LogP contribution in [0.4, 0.5) is 0 Å². The Labute approximate surface area is 113 Å². The third-order valence-corrected chi connectivity index (χ3v) is 5.50. The minimum absolute atomic E-state index is 0.0623. The molecule has 0 heterocycles. The third kappa shape index (κ3) is 3.46. The Morgan fingerprint density at radius 1 is 1.06 bits per heavy atom. The summed E-state index contributed by atoms with van der Waals surface area (Å²) >= 11 is 3.61. The molecule has 1 amide bonds. The average molecular weight is 302 g/mol. The van der Waals surface area contributed by atoms with Crippen LogP contribution >= 0.6 is 15.9 Å². The number of alkyl halides is 1. The minimum atomic E-state index is 0.0623. The van der Waals surface area contributed by atoms with Gasteiger partial charge in [0.05, 0.1) is 0 Å². The fourth-order valence-corrected chi connectivity index (χ4v) is 3.95. The van der Waals surface area contributed by atoms with Gasteiger partial charge in [0.1, 0.15) is 0 Å². The van der Waals surface area contributed by atoms with Crippen molar-refractivity contribution in [3.63, 3.8) is 0 Å². The van der Waals surface area contributed by atoms with E-state index in [0.29, 0.717) is 11.8 Å². The first kappa shape index (κ1) is 13.4. The fraction of sp³-hybridized carbons (Fsp3) is 0.929. The van der Waals surface area contributed by atoms with Crippen LogP contribution in [0.25, 0.3) is 0 Å². The topological polar surface area (TPSA) is 29.1 Å². The maximum atomic E-state index is 12.3. The monoisotopic (exact) mass is 301 g/mol. The van der Waals surface area contributed by atoms with Gasteiger partial charge in [-0.15, -0.1) is 0 Å². The summed E-state index contributed by atoms with van der Waals surface area (Å²) in [6.07, 6.45) is 12.1. The Balaban J connectivity index is 1.90. The molecule has 0 atom stereocenters. The first-order valence-electron chi connectivity index (χ1n) is 7.14. The Bertz CT molecular complexity index is 255. The van der Waals surface area contributed by atoms with Crippen molar-refractivity contribution in [3.05, 3.63) is 0 Å². The first-order chi connectivity index (χ1) is 8.26. The van der Waals surface area contributed by atoms with Crippen LogP contribution in [0.1, 0.15) is 64.2 Å². The van der Waals surface area contributed by atoms with Gasteiger partial charge in [-0.25, -0.2) is 0 Å². The number of carbonyl (C=O) groups excluding carboxylic acids is 1. The number of rotatable bonds is 3. The molecule has 0 saturated heterocycles. The van der Waals surface area contributed by atoms with Crippen LogP contribution in [0.2, 0.25) is 0 Å². The highest BCUT2D eigenvalue weighted by Gasteiger charge is 2.34. The maximum absolute atomic E-state index is 12.3. The number of halogens is 1. The van der Waals surface area contributed by atoms with E-state index in [0.717, 1.165) is 31.0 Å². The molecule has 0 aromatic rings. The van der Waals surface area contributed by atoms with Crippen LogP contribution in [0.5, 0.6) is 0 Å². The summed E-state index contributed by atoms with van der Waals surface area (Å²) in [5.74, 6) is 0.618. The highest BCUT2D eigenvalue weighted by atomic mass is 79.9. The van der Waals surface area contributed by atoms with Crippen LogP contribution in [0, 0.1) is 5.92 Å². The van der Waals surface area contributed by atoms with E-state index in [1.54, 1.807) is 0 Å². The Hall–Kier alpha value is -0.0500. The van der Waals surface area contributed by atoms with Crippen LogP contribution in [-0.2, 0) is 4.79 Å². The normalized spacial score (nSPS) is 25.5. The summed E-state index contributed by atoms with van der Waals surface area (Å²) in [6, 6.07) is 0. The van der Waals surface area contributed by atoms with Crippen molar-refractivity contribution in [2.45, 2.75) is 69.7 Å². The number of nitrogens with one attached hydrogen (secondary N) is 1. The summed E-state index contributed by atoms with van der Waals surface area (Å²) in [6.45, 7) is 0. The largest absolute Gasteiger partial charge is 0.350 e. The van der Waals surface area contributed by atoms with Crippen molar-refractivity contribution in [3.8, 4) is 0 Å². The van der Waals surface area contributed by atoms with Gasteiger partial charge < -0.3 is 5.32 Å². The zero-order valence-corrected chi connectivity index (χ0v) is 12.2. The quantitative estimate of drug-likeness (QED) is 0.790. The van der Waals surface area contributed by atoms with Crippen molar-refractivity contribution < 1.29 is 4.79 Å². The predicted molar refractivity (Wildman–Crippen MR) is 74.3 cm³/mol. The summed E-state index contributed by atoms with van der Waals surface area (Å²) in [7, 11) is 0. The molecule has 0 spiro atoms. The molecule has 2 fully saturated rings. The molecular formula is C14H24BrNO. The molecule has 2 nitrogen and oxygen atoms in total. The van der Waals surface area contributed by atoms with Crippen molar-refractivity contribution >= 4 is 21.8 Å². The first-order valence-corrected chi connectivity index (χ1v) is 8.26. The maximum Gasteiger partial charge on any atom is 0.223 e. The molecule has 2 aliphatic rings. The molecule has 2 aliphatic carbocycles. The van der Waals surface area contributed by atoms with E-state index in [9.17, 15) is 4.79 Å². The molecule has 0 aliphatic heterocycles. The van der Waals surface area contributed by atoms with Crippen LogP contribution in [0.15, 0.2) is 0 Å². The second-order valence-electron chi connectivity index (χ2n) is 5.80. The highest BCUT2D eigenvalue weighted by Crippen LogP contribution is 2.31. The minimum Gasteiger partial charge on any atom is -0.350 e. The number of amides is 1. The second-order valence-corrected chi connectivity index (χ2v) is 6.36. The van der Waals surface area contributed by atoms with E-state index in [2.05, 4.69) is 21.2 Å². The molecule has 98 valence electrons. The molecular weight excluding hydrogens is 278 g/mol. The third-order valence-electron chi connectivity index (χ3n) is 4.43. The Morgan fingerprint density at radius 2 is 1.65 bits per heavy atom. The number of hydrogen-bond acceptors (Lipinski definition) is 1. The Kier molecular flexibility index (Phi) is 4.89. The van der Waals surface area contributed by atoms with Gasteiger partial charge in [0.25, 0.3) is 0 Å². The summed E-state index contributed by atoms with van der Waals surface area (Å²) in [5.41, 5.74) is 0.0623. The molecule has 0 radical (unpaired) electrons. The van der Waals surface area contributed by atoms with E-state index in [1.807, 2.05) is 0 Å². The van der Waals surface area contributed by atoms with E-state index < -0.39 is 0 Å². The zero-order valence-electron chi connectivity index (χ0n) is 10.6. The summed E-state index contributed by atoms with van der Waals surface area (Å²) < 4.78 is 0. The lowest BCUT2D eigenvalue weighted by Crippen LogP contribution is -2.53. The van der Waals surface area contributed by atoms with Crippen molar-refractivity contribution in [1.29, 1.82) is 0 Å². The molecule has 0 unspecified atom stereocenters. The summed E-state index contributed by atoms with van der Waals surface area (Å²) in [5, 5.41) is 4.28. The highest BCUT2D eigenvalue weighted by molar-refractivity contribution is 9.09. The summed E-state index contributed by atoms with van der Waals surface area (Å²) in [4.78, 5) is 12.3. The van der Waals surface area contributed by atoms with Crippen molar-refractivity contribution in [2.24, 2.45) is 5.92 Å². The molecule has 0 aromatic carbocycles. The van der Waals surface area contributed by atoms with Gasteiger partial charge in [0.15, 0.2) is 0 Å². The molecule has 17 heavy (non-hydrogen) atoms. The lowest BCUT2D eigenvalue weighted by atomic mass is 9.81. The smallest absolute Gasteiger partial charge is 0.223 e. The van der Waals surface area contributed by atoms with E-state index in [-0.39, 0.29) is 5.54 Å². The van der Waals surface area contributed by atoms with Crippen molar-refractivity contribution in [1.82, 2.24) is 5.32 Å². The molecule has 2 saturated carbocycles. The number of carbonyl (C=O) groups is 1. The van der Waals surface area contributed by atoms with Gasteiger partial charge in [-0.2, -0.15) is 0 Å². The molecule has 0 bridgehead atoms. The van der Waals surface area contributed by atoms with Gasteiger partial charge in [-0.3, -0.25) is 4.79 Å². The second kappa shape index (κ2) is 6.21. The fourth-order valence-electron chi connectivity index (χ4n) is 3.25. The van der Waals surface area contributed by atoms with E-state index in [1.165, 1.54) is 38.5 Å². The molecule has 3 heteroatoms. The zero-order chi connectivity index (χ0) is 12.1. The molecule has 0 aromatic heterocycles. The van der Waals surface area contributed by atoms with Gasteiger partial charge in [0, 0.05) is 16.8 Å². The molecule has 1 N–H and O–H groups in total. The Morgan fingerprint density at radius 3 is 2.24 bits per heavy atom. The standard InChI is InChI=1S/C14H24BrNO/c15-11-14(9-5-2-6-10-14)16-13(17)12-7-3-1-4-8-12/h12H,1-11H2,(H,16,17). The van der Waals surface area contributed by atoms with Gasteiger partial charge in [-0.05, 0) is 25.7 Å². The van der Waals surface area contributed by atoms with Gasteiger partial charge >= 0.3 is 0 Å². The lowest BCUT2D eigenvalue weighted by Gasteiger charge is -2.38. The van der Waals surface area contributed by atoms with Crippen LogP contribution in [-0.4, -0.2) is 16.8 Å². The van der Waals surface area contributed by atoms with Gasteiger partial charge in [0.2, 0.25) is 5.91 Å². The van der Waals surface area contributed by atoms with Crippen LogP contribution in [0.3, 0.4) is 0 Å². The van der Waals surface area contributed by atoms with Crippen molar-refractivity contribution in [2.75, 3.05) is 5.33 Å². The molecule has 2 rings (SSSR count). The predicted octanol–water partition coefficient (Wildman–Crippen LogP) is 3.78. The van der Waals surface area contributed by atoms with E-state index in [4.69, 9.17) is 0 Å². The lowest BCUT2D eigenvalue weighted by molar-refractivity contribution is -0.128. The SMILES string of the molecule is O=C(NC1(CBr)CCCCC1)C1CCCCC1. The van der Waals surface area contributed by atoms with Gasteiger partial charge in [-0.1, -0.05) is 54.5 Å².